The third-order valence-electron chi connectivity index (χ3n) is 8.30. The van der Waals surface area contributed by atoms with Crippen molar-refractivity contribution >= 4 is 11.6 Å². The van der Waals surface area contributed by atoms with Crippen LogP contribution >= 0.6 is 0 Å². The fourth-order valence-corrected chi connectivity index (χ4v) is 5.90. The van der Waals surface area contributed by atoms with Crippen molar-refractivity contribution in [3.8, 4) is 17.7 Å². The SMILES string of the molecule is N#CCc1ccc(Oc2ncn(CC3(O)CCN(C(=O)[C@@H]4CCC(F)(F)C[C@H]4c4ccccc4)CC3)c(=O)c2N)cc1. The lowest BCUT2D eigenvalue weighted by Crippen LogP contribution is -2.52. The third-order valence-corrected chi connectivity index (χ3v) is 8.30. The number of nitrogens with two attached hydrogens (primary N) is 1. The summed E-state index contributed by atoms with van der Waals surface area (Å²) in [6.45, 7) is 0.408. The number of aliphatic hydroxyl groups is 1. The molecule has 2 atom stereocenters. The van der Waals surface area contributed by atoms with Crippen LogP contribution in [0.15, 0.2) is 65.7 Å². The maximum Gasteiger partial charge on any atom is 0.280 e. The number of likely N-dealkylation sites (tertiary alicyclic amines) is 1. The lowest BCUT2D eigenvalue weighted by molar-refractivity contribution is -0.145. The standard InChI is InChI=1S/C31H33F2N5O4/c32-31(33)12-10-24(25(18-31)22-4-2-1-3-5-22)28(39)37-16-13-30(41,14-17-37)19-38-20-36-27(26(35)29(38)40)42-23-8-6-21(7-9-23)11-15-34/h1-9,20,24-25,41H,10-14,16-19,35H2/t24-,25+/m1/s1. The van der Waals surface area contributed by atoms with E-state index in [1.54, 1.807) is 53.4 Å². The molecule has 0 radical (unpaired) electrons. The van der Waals surface area contributed by atoms with Crippen molar-refractivity contribution in [2.24, 2.45) is 5.92 Å². The smallest absolute Gasteiger partial charge is 0.280 e. The van der Waals surface area contributed by atoms with Gasteiger partial charge in [0.05, 0.1) is 24.6 Å². The van der Waals surface area contributed by atoms with E-state index in [9.17, 15) is 23.5 Å². The largest absolute Gasteiger partial charge is 0.437 e. The first-order valence-corrected chi connectivity index (χ1v) is 14.0. The van der Waals surface area contributed by atoms with Crippen LogP contribution in [0.1, 0.15) is 49.1 Å². The maximum atomic E-state index is 14.3. The predicted octanol–water partition coefficient (Wildman–Crippen LogP) is 4.26. The number of carbonyl (C=O) groups excluding carboxylic acids is 1. The van der Waals surface area contributed by atoms with Crippen LogP contribution in [0, 0.1) is 17.2 Å². The van der Waals surface area contributed by atoms with Gasteiger partial charge in [-0.1, -0.05) is 42.5 Å². The van der Waals surface area contributed by atoms with Gasteiger partial charge in [-0.3, -0.25) is 14.2 Å². The number of benzene rings is 2. The van der Waals surface area contributed by atoms with Crippen LogP contribution in [0.4, 0.5) is 14.5 Å². The van der Waals surface area contributed by atoms with Crippen LogP contribution in [-0.2, 0) is 17.8 Å². The Morgan fingerprint density at radius 3 is 2.48 bits per heavy atom. The highest BCUT2D eigenvalue weighted by molar-refractivity contribution is 5.80. The van der Waals surface area contributed by atoms with Crippen molar-refractivity contribution in [3.05, 3.63) is 82.4 Å². The number of nitrogen functional groups attached to an aromatic ring is 1. The van der Waals surface area contributed by atoms with Crippen molar-refractivity contribution in [3.63, 3.8) is 0 Å². The molecular weight excluding hydrogens is 544 g/mol. The first-order valence-electron chi connectivity index (χ1n) is 14.0. The number of anilines is 1. The van der Waals surface area contributed by atoms with E-state index in [1.807, 2.05) is 6.07 Å². The molecule has 1 amide bonds. The summed E-state index contributed by atoms with van der Waals surface area (Å²) in [6, 6.07) is 17.8. The Bertz CT molecular complexity index is 1510. The van der Waals surface area contributed by atoms with Gasteiger partial charge in [0.1, 0.15) is 12.1 Å². The minimum absolute atomic E-state index is 0.0669. The van der Waals surface area contributed by atoms with Gasteiger partial charge < -0.3 is 20.5 Å². The molecule has 42 heavy (non-hydrogen) atoms. The molecule has 2 aliphatic rings. The lowest BCUT2D eigenvalue weighted by Gasteiger charge is -2.42. The van der Waals surface area contributed by atoms with Gasteiger partial charge in [-0.25, -0.2) is 13.8 Å². The molecule has 1 saturated heterocycles. The average Bonchev–Trinajstić information content (AvgIpc) is 2.98. The van der Waals surface area contributed by atoms with Gasteiger partial charge in [-0.05, 0) is 42.5 Å². The van der Waals surface area contributed by atoms with Crippen LogP contribution in [0.5, 0.6) is 11.6 Å². The number of piperidine rings is 1. The summed E-state index contributed by atoms with van der Waals surface area (Å²) < 4.78 is 35.6. The highest BCUT2D eigenvalue weighted by Crippen LogP contribution is 2.46. The molecule has 0 bridgehead atoms. The second-order valence-corrected chi connectivity index (χ2v) is 11.2. The number of amides is 1. The molecule has 2 aromatic carbocycles. The Morgan fingerprint density at radius 2 is 1.81 bits per heavy atom. The Morgan fingerprint density at radius 1 is 1.12 bits per heavy atom. The van der Waals surface area contributed by atoms with Gasteiger partial charge in [-0.15, -0.1) is 0 Å². The number of nitriles is 1. The predicted molar refractivity (Wildman–Crippen MR) is 151 cm³/mol. The van der Waals surface area contributed by atoms with E-state index in [0.29, 0.717) is 5.75 Å². The van der Waals surface area contributed by atoms with Gasteiger partial charge in [0.15, 0.2) is 5.69 Å². The van der Waals surface area contributed by atoms with E-state index in [1.165, 1.54) is 10.9 Å². The summed E-state index contributed by atoms with van der Waals surface area (Å²) in [7, 11) is 0. The van der Waals surface area contributed by atoms with E-state index in [2.05, 4.69) is 11.1 Å². The van der Waals surface area contributed by atoms with E-state index < -0.39 is 28.9 Å². The van der Waals surface area contributed by atoms with Crippen molar-refractivity contribution in [2.75, 3.05) is 18.8 Å². The number of alkyl halides is 2. The van der Waals surface area contributed by atoms with Crippen LogP contribution in [-0.4, -0.2) is 50.1 Å². The van der Waals surface area contributed by atoms with Crippen LogP contribution in [0.3, 0.4) is 0 Å². The third kappa shape index (κ3) is 6.44. The Balaban J connectivity index is 1.23. The number of halogens is 2. The normalized spacial score (nSPS) is 21.3. The monoisotopic (exact) mass is 577 g/mol. The average molecular weight is 578 g/mol. The molecule has 0 spiro atoms. The molecule has 5 rings (SSSR count). The van der Waals surface area contributed by atoms with Crippen molar-refractivity contribution < 1.29 is 23.4 Å². The van der Waals surface area contributed by atoms with Gasteiger partial charge in [0, 0.05) is 37.8 Å². The molecule has 3 aromatic rings. The van der Waals surface area contributed by atoms with E-state index >= 15 is 0 Å². The molecule has 0 unspecified atom stereocenters. The Labute approximate surface area is 242 Å². The molecule has 11 heteroatoms. The maximum absolute atomic E-state index is 14.3. The first kappa shape index (κ1) is 29.2. The van der Waals surface area contributed by atoms with Crippen LogP contribution in [0.2, 0.25) is 0 Å². The van der Waals surface area contributed by atoms with E-state index in [0.717, 1.165) is 11.1 Å². The van der Waals surface area contributed by atoms with Crippen molar-refractivity contribution in [1.82, 2.24) is 14.5 Å². The number of hydrogen-bond acceptors (Lipinski definition) is 7. The molecule has 1 aromatic heterocycles. The zero-order valence-electron chi connectivity index (χ0n) is 23.1. The number of ether oxygens (including phenoxy) is 1. The van der Waals surface area contributed by atoms with Gasteiger partial charge in [0.25, 0.3) is 5.56 Å². The first-order chi connectivity index (χ1) is 20.1. The second kappa shape index (κ2) is 11.9. The number of hydrogen-bond donors (Lipinski definition) is 2. The fraction of sp³-hybridized carbons (Fsp3) is 0.419. The molecule has 1 aliphatic carbocycles. The number of nitrogens with zero attached hydrogens (tertiary/aromatic N) is 4. The lowest BCUT2D eigenvalue weighted by atomic mass is 9.73. The van der Waals surface area contributed by atoms with Gasteiger partial charge in [0.2, 0.25) is 17.7 Å². The zero-order valence-corrected chi connectivity index (χ0v) is 23.1. The number of carbonyl (C=O) groups is 1. The number of rotatable bonds is 7. The van der Waals surface area contributed by atoms with E-state index in [-0.39, 0.29) is 75.6 Å². The summed E-state index contributed by atoms with van der Waals surface area (Å²) in [5.41, 5.74) is 5.52. The second-order valence-electron chi connectivity index (χ2n) is 11.2. The van der Waals surface area contributed by atoms with E-state index in [4.69, 9.17) is 15.7 Å². The van der Waals surface area contributed by atoms with Crippen molar-refractivity contribution in [2.45, 2.75) is 62.5 Å². The fourth-order valence-electron chi connectivity index (χ4n) is 5.90. The minimum Gasteiger partial charge on any atom is -0.437 e. The highest BCUT2D eigenvalue weighted by atomic mass is 19.3. The minimum atomic E-state index is -2.81. The molecular formula is C31H33F2N5O4. The van der Waals surface area contributed by atoms with Crippen LogP contribution in [0.25, 0.3) is 0 Å². The summed E-state index contributed by atoms with van der Waals surface area (Å²) in [5, 5.41) is 20.1. The summed E-state index contributed by atoms with van der Waals surface area (Å²) >= 11 is 0. The Kier molecular flexibility index (Phi) is 8.27. The summed E-state index contributed by atoms with van der Waals surface area (Å²) in [4.78, 5) is 32.3. The molecule has 3 N–H and O–H groups in total. The molecule has 9 nitrogen and oxygen atoms in total. The highest BCUT2D eigenvalue weighted by Gasteiger charge is 2.46. The number of aromatic nitrogens is 2. The zero-order chi connectivity index (χ0) is 29.9. The molecule has 2 fully saturated rings. The summed E-state index contributed by atoms with van der Waals surface area (Å²) in [6.07, 6.45) is 1.35. The van der Waals surface area contributed by atoms with Crippen molar-refractivity contribution in [1.29, 1.82) is 5.26 Å². The molecule has 1 aliphatic heterocycles. The Hall–Kier alpha value is -4.30. The van der Waals surface area contributed by atoms with Gasteiger partial charge >= 0.3 is 0 Å². The topological polar surface area (TPSA) is 134 Å². The van der Waals surface area contributed by atoms with Crippen LogP contribution < -0.4 is 16.0 Å². The molecule has 220 valence electrons. The quantitative estimate of drug-likeness (QED) is 0.429. The molecule has 1 saturated carbocycles. The molecule has 2 heterocycles. The van der Waals surface area contributed by atoms with Gasteiger partial charge in [-0.2, -0.15) is 5.26 Å². The summed E-state index contributed by atoms with van der Waals surface area (Å²) in [5.74, 6) is -3.78.